The summed E-state index contributed by atoms with van der Waals surface area (Å²) >= 11 is 1.26. The van der Waals surface area contributed by atoms with Gasteiger partial charge in [-0.05, 0) is 30.5 Å². The quantitative estimate of drug-likeness (QED) is 0.516. The zero-order chi connectivity index (χ0) is 21.4. The number of amides is 1. The summed E-state index contributed by atoms with van der Waals surface area (Å²) in [7, 11) is 0. The third kappa shape index (κ3) is 3.70. The first-order valence-corrected chi connectivity index (χ1v) is 10.9. The summed E-state index contributed by atoms with van der Waals surface area (Å²) in [4.78, 5) is 35.7. The molecule has 0 spiro atoms. The maximum Gasteiger partial charge on any atom is 0.266 e. The Morgan fingerprint density at radius 1 is 1.23 bits per heavy atom. The van der Waals surface area contributed by atoms with Gasteiger partial charge in [-0.2, -0.15) is 0 Å². The highest BCUT2D eigenvalue weighted by molar-refractivity contribution is 7.20. The highest BCUT2D eigenvalue weighted by Crippen LogP contribution is 2.29. The predicted octanol–water partition coefficient (Wildman–Crippen LogP) is 3.94. The molecule has 1 amide bonds. The molecule has 0 bridgehead atoms. The van der Waals surface area contributed by atoms with Gasteiger partial charge in [-0.25, -0.2) is 9.97 Å². The van der Waals surface area contributed by atoms with Crippen molar-refractivity contribution >= 4 is 33.1 Å². The summed E-state index contributed by atoms with van der Waals surface area (Å²) < 4.78 is 7.40. The Labute approximate surface area is 182 Å². The number of rotatable bonds is 5. The first kappa shape index (κ1) is 19.4. The molecule has 1 aromatic carbocycles. The second kappa shape index (κ2) is 7.96. The van der Waals surface area contributed by atoms with Crippen LogP contribution in [0.15, 0.2) is 53.5 Å². The van der Waals surface area contributed by atoms with Gasteiger partial charge < -0.3 is 10.1 Å². The van der Waals surface area contributed by atoms with Crippen LogP contribution in [0.2, 0.25) is 0 Å². The molecule has 0 aliphatic carbocycles. The van der Waals surface area contributed by atoms with Crippen molar-refractivity contribution in [2.45, 2.75) is 32.9 Å². The number of benzene rings is 1. The molecule has 1 aliphatic heterocycles. The molecule has 156 valence electrons. The van der Waals surface area contributed by atoms with Gasteiger partial charge in [0.05, 0.1) is 22.1 Å². The molecule has 4 aromatic rings. The van der Waals surface area contributed by atoms with Crippen LogP contribution >= 0.6 is 11.3 Å². The van der Waals surface area contributed by atoms with Crippen LogP contribution < -0.4 is 15.6 Å². The van der Waals surface area contributed by atoms with E-state index in [-0.39, 0.29) is 11.5 Å². The van der Waals surface area contributed by atoms with Gasteiger partial charge >= 0.3 is 0 Å². The summed E-state index contributed by atoms with van der Waals surface area (Å²) in [5.41, 5.74) is 2.23. The monoisotopic (exact) mass is 432 g/mol. The van der Waals surface area contributed by atoms with E-state index in [0.29, 0.717) is 45.4 Å². The Kier molecular flexibility index (Phi) is 4.99. The summed E-state index contributed by atoms with van der Waals surface area (Å²) in [5, 5.41) is 3.40. The van der Waals surface area contributed by atoms with Crippen molar-refractivity contribution in [1.82, 2.24) is 14.5 Å². The average molecular weight is 433 g/mol. The first-order valence-electron chi connectivity index (χ1n) is 10.1. The van der Waals surface area contributed by atoms with Gasteiger partial charge in [0.1, 0.15) is 17.3 Å². The number of fused-ring (bicyclic) bond motifs is 2. The molecule has 0 saturated carbocycles. The Morgan fingerprint density at radius 3 is 2.84 bits per heavy atom. The first-order chi connectivity index (χ1) is 15.1. The Hall–Kier alpha value is -3.52. The summed E-state index contributed by atoms with van der Waals surface area (Å²) in [6.07, 6.45) is 3.29. The number of ether oxygens (including phenoxy) is 1. The van der Waals surface area contributed by atoms with Crippen LogP contribution in [-0.2, 0) is 19.6 Å². The predicted molar refractivity (Wildman–Crippen MR) is 120 cm³/mol. The van der Waals surface area contributed by atoms with Crippen molar-refractivity contribution in [2.24, 2.45) is 0 Å². The Balaban J connectivity index is 1.32. The minimum absolute atomic E-state index is 0.0492. The summed E-state index contributed by atoms with van der Waals surface area (Å²) in [6.45, 7) is 2.92. The number of anilines is 1. The minimum Gasteiger partial charge on any atom is -0.473 e. The van der Waals surface area contributed by atoms with E-state index < -0.39 is 0 Å². The van der Waals surface area contributed by atoms with Crippen LogP contribution in [0.5, 0.6) is 5.88 Å². The van der Waals surface area contributed by atoms with Crippen molar-refractivity contribution in [3.63, 3.8) is 0 Å². The highest BCUT2D eigenvalue weighted by Gasteiger charge is 2.23. The molecule has 4 heterocycles. The largest absolute Gasteiger partial charge is 0.473 e. The average Bonchev–Trinajstić information content (AvgIpc) is 3.39. The van der Waals surface area contributed by atoms with Gasteiger partial charge in [-0.3, -0.25) is 14.2 Å². The Bertz CT molecular complexity index is 1330. The van der Waals surface area contributed by atoms with Crippen molar-refractivity contribution in [3.8, 4) is 5.88 Å². The van der Waals surface area contributed by atoms with Gasteiger partial charge in [0.15, 0.2) is 0 Å². The lowest BCUT2D eigenvalue weighted by molar-refractivity contribution is 0.103. The van der Waals surface area contributed by atoms with Gasteiger partial charge in [-0.15, -0.1) is 11.3 Å². The molecule has 8 heteroatoms. The third-order valence-electron chi connectivity index (χ3n) is 5.34. The second-order valence-corrected chi connectivity index (χ2v) is 8.44. The molecule has 5 rings (SSSR count). The second-order valence-electron chi connectivity index (χ2n) is 7.44. The van der Waals surface area contributed by atoms with Gasteiger partial charge in [0.25, 0.3) is 11.5 Å². The number of aryl methyl sites for hydroxylation is 2. The standard InChI is InChI=1S/C23H20N4O3S/c1-14-19-22(26-17-8-5-11-27(17)23(19)29)31-20(14)21(28)25-16-9-10-18(24-12-16)30-13-15-6-3-2-4-7-15/h2-4,6-7,9-10,12H,5,8,11,13H2,1H3,(H,25,28). The van der Waals surface area contributed by atoms with Crippen molar-refractivity contribution in [3.05, 3.63) is 80.8 Å². The number of thiophene rings is 1. The van der Waals surface area contributed by atoms with E-state index in [0.717, 1.165) is 24.2 Å². The summed E-state index contributed by atoms with van der Waals surface area (Å²) in [6, 6.07) is 13.3. The molecule has 0 saturated heterocycles. The van der Waals surface area contributed by atoms with Crippen LogP contribution in [0, 0.1) is 6.92 Å². The lowest BCUT2D eigenvalue weighted by atomic mass is 10.2. The number of pyridine rings is 1. The van der Waals surface area contributed by atoms with Crippen molar-refractivity contribution in [2.75, 3.05) is 5.32 Å². The van der Waals surface area contributed by atoms with E-state index in [1.807, 2.05) is 30.3 Å². The van der Waals surface area contributed by atoms with Crippen LogP contribution in [-0.4, -0.2) is 20.4 Å². The fourth-order valence-corrected chi connectivity index (χ4v) is 4.84. The van der Waals surface area contributed by atoms with Gasteiger partial charge in [0.2, 0.25) is 5.88 Å². The van der Waals surface area contributed by atoms with Crippen LogP contribution in [0.1, 0.15) is 33.0 Å². The highest BCUT2D eigenvalue weighted by atomic mass is 32.1. The minimum atomic E-state index is -0.273. The number of carbonyl (C=O) groups is 1. The molecule has 3 aromatic heterocycles. The number of nitrogens with one attached hydrogen (secondary N) is 1. The molecule has 31 heavy (non-hydrogen) atoms. The Morgan fingerprint density at radius 2 is 2.06 bits per heavy atom. The third-order valence-corrected chi connectivity index (χ3v) is 6.53. The normalized spacial score (nSPS) is 12.7. The van der Waals surface area contributed by atoms with E-state index in [2.05, 4.69) is 15.3 Å². The number of hydrogen-bond acceptors (Lipinski definition) is 6. The van der Waals surface area contributed by atoms with Crippen molar-refractivity contribution in [1.29, 1.82) is 0 Å². The molecule has 0 fully saturated rings. The maximum absolute atomic E-state index is 12.9. The smallest absolute Gasteiger partial charge is 0.266 e. The molecule has 0 radical (unpaired) electrons. The van der Waals surface area contributed by atoms with E-state index in [4.69, 9.17) is 4.74 Å². The lowest BCUT2D eigenvalue weighted by Crippen LogP contribution is -2.20. The number of hydrogen-bond donors (Lipinski definition) is 1. The molecular formula is C23H20N4O3S. The SMILES string of the molecule is Cc1c(C(=O)Nc2ccc(OCc3ccccc3)nc2)sc2nc3n(c(=O)c12)CCC3. The molecule has 7 nitrogen and oxygen atoms in total. The molecule has 0 unspecified atom stereocenters. The van der Waals surface area contributed by atoms with Crippen LogP contribution in [0.3, 0.4) is 0 Å². The van der Waals surface area contributed by atoms with E-state index in [1.54, 1.807) is 29.8 Å². The van der Waals surface area contributed by atoms with Gasteiger partial charge in [0, 0.05) is 19.0 Å². The molecule has 1 N–H and O–H groups in total. The van der Waals surface area contributed by atoms with E-state index >= 15 is 0 Å². The molecule has 1 aliphatic rings. The number of carbonyl (C=O) groups excluding carboxylic acids is 1. The van der Waals surface area contributed by atoms with E-state index in [1.165, 1.54) is 11.3 Å². The van der Waals surface area contributed by atoms with Crippen LogP contribution in [0.25, 0.3) is 10.2 Å². The number of aromatic nitrogens is 3. The zero-order valence-electron chi connectivity index (χ0n) is 16.9. The van der Waals surface area contributed by atoms with E-state index in [9.17, 15) is 9.59 Å². The fraction of sp³-hybridized carbons (Fsp3) is 0.217. The maximum atomic E-state index is 12.9. The molecular weight excluding hydrogens is 412 g/mol. The topological polar surface area (TPSA) is 86.1 Å². The number of nitrogens with zero attached hydrogens (tertiary/aromatic N) is 3. The van der Waals surface area contributed by atoms with Crippen LogP contribution in [0.4, 0.5) is 5.69 Å². The lowest BCUT2D eigenvalue weighted by Gasteiger charge is -2.07. The van der Waals surface area contributed by atoms with Crippen molar-refractivity contribution < 1.29 is 9.53 Å². The fourth-order valence-electron chi connectivity index (χ4n) is 3.75. The molecule has 0 atom stereocenters. The van der Waals surface area contributed by atoms with Gasteiger partial charge in [-0.1, -0.05) is 30.3 Å². The zero-order valence-corrected chi connectivity index (χ0v) is 17.7. The summed E-state index contributed by atoms with van der Waals surface area (Å²) in [5.74, 6) is 1.01.